The highest BCUT2D eigenvalue weighted by molar-refractivity contribution is 5.75. The van der Waals surface area contributed by atoms with Gasteiger partial charge in [-0.3, -0.25) is 0 Å². The number of carbonyl (C=O) groups excluding carboxylic acids is 1. The van der Waals surface area contributed by atoms with Crippen molar-refractivity contribution in [3.05, 3.63) is 29.8 Å². The Morgan fingerprint density at radius 3 is 2.69 bits per heavy atom. The lowest BCUT2D eigenvalue weighted by Crippen LogP contribution is -2.47. The standard InChI is InChI=1S/C12H17N3O/c1-9(10-3-5-11(13)6-4-10)15-8-2-7-14-12(15)16/h3-6,9H,2,7-8,13H2,1H3,(H,14,16). The van der Waals surface area contributed by atoms with Crippen LogP contribution in [0, 0.1) is 0 Å². The molecule has 0 aromatic heterocycles. The Morgan fingerprint density at radius 2 is 2.06 bits per heavy atom. The molecule has 86 valence electrons. The molecule has 3 N–H and O–H groups in total. The van der Waals surface area contributed by atoms with Crippen LogP contribution in [0.2, 0.25) is 0 Å². The van der Waals surface area contributed by atoms with Gasteiger partial charge in [-0.05, 0) is 31.0 Å². The zero-order valence-electron chi connectivity index (χ0n) is 9.44. The van der Waals surface area contributed by atoms with Crippen LogP contribution in [0.4, 0.5) is 10.5 Å². The summed E-state index contributed by atoms with van der Waals surface area (Å²) in [6.07, 6.45) is 1.01. The highest BCUT2D eigenvalue weighted by Crippen LogP contribution is 2.22. The van der Waals surface area contributed by atoms with E-state index in [-0.39, 0.29) is 12.1 Å². The molecule has 1 aromatic rings. The lowest BCUT2D eigenvalue weighted by Gasteiger charge is -2.33. The minimum absolute atomic E-state index is 0.0237. The molecule has 1 heterocycles. The fraction of sp³-hybridized carbons (Fsp3) is 0.417. The first-order valence-electron chi connectivity index (χ1n) is 5.58. The van der Waals surface area contributed by atoms with E-state index in [0.29, 0.717) is 0 Å². The van der Waals surface area contributed by atoms with Crippen molar-refractivity contribution in [2.75, 3.05) is 18.8 Å². The first-order valence-corrected chi connectivity index (χ1v) is 5.58. The molecular formula is C12H17N3O. The minimum Gasteiger partial charge on any atom is -0.399 e. The van der Waals surface area contributed by atoms with Gasteiger partial charge in [0.1, 0.15) is 0 Å². The van der Waals surface area contributed by atoms with E-state index in [0.717, 1.165) is 30.8 Å². The van der Waals surface area contributed by atoms with Crippen molar-refractivity contribution in [2.45, 2.75) is 19.4 Å². The predicted molar refractivity (Wildman–Crippen MR) is 64.0 cm³/mol. The van der Waals surface area contributed by atoms with Crippen molar-refractivity contribution in [3.8, 4) is 0 Å². The molecule has 4 heteroatoms. The van der Waals surface area contributed by atoms with Gasteiger partial charge in [0.2, 0.25) is 0 Å². The number of nitrogens with two attached hydrogens (primary N) is 1. The number of urea groups is 1. The maximum atomic E-state index is 11.7. The maximum absolute atomic E-state index is 11.7. The smallest absolute Gasteiger partial charge is 0.317 e. The van der Waals surface area contributed by atoms with Gasteiger partial charge < -0.3 is 16.0 Å². The number of nitrogen functional groups attached to an aromatic ring is 1. The van der Waals surface area contributed by atoms with Crippen LogP contribution in [0.5, 0.6) is 0 Å². The molecule has 4 nitrogen and oxygen atoms in total. The van der Waals surface area contributed by atoms with Crippen molar-refractivity contribution < 1.29 is 4.79 Å². The van der Waals surface area contributed by atoms with Crippen molar-refractivity contribution >= 4 is 11.7 Å². The third kappa shape index (κ3) is 2.10. The number of nitrogens with one attached hydrogen (secondary N) is 1. The normalized spacial score (nSPS) is 18.1. The Kier molecular flexibility index (Phi) is 2.99. The van der Waals surface area contributed by atoms with E-state index in [4.69, 9.17) is 5.73 Å². The molecule has 2 rings (SSSR count). The Balaban J connectivity index is 2.14. The fourth-order valence-electron chi connectivity index (χ4n) is 1.97. The van der Waals surface area contributed by atoms with Crippen molar-refractivity contribution in [1.82, 2.24) is 10.2 Å². The van der Waals surface area contributed by atoms with Crippen molar-refractivity contribution in [2.24, 2.45) is 0 Å². The molecule has 1 atom stereocenters. The third-order valence-electron chi connectivity index (χ3n) is 3.00. The summed E-state index contributed by atoms with van der Waals surface area (Å²) in [4.78, 5) is 13.5. The first-order chi connectivity index (χ1) is 7.68. The van der Waals surface area contributed by atoms with E-state index in [1.54, 1.807) is 0 Å². The molecule has 0 bridgehead atoms. The van der Waals surface area contributed by atoms with Gasteiger partial charge in [-0.2, -0.15) is 0 Å². The molecule has 16 heavy (non-hydrogen) atoms. The van der Waals surface area contributed by atoms with Crippen molar-refractivity contribution in [1.29, 1.82) is 0 Å². The van der Waals surface area contributed by atoms with Crippen LogP contribution in [0.3, 0.4) is 0 Å². The molecule has 1 aromatic carbocycles. The lowest BCUT2D eigenvalue weighted by atomic mass is 10.1. The van der Waals surface area contributed by atoms with Gasteiger partial charge >= 0.3 is 6.03 Å². The molecule has 2 amide bonds. The first kappa shape index (κ1) is 10.8. The average Bonchev–Trinajstić information content (AvgIpc) is 2.30. The van der Waals surface area contributed by atoms with Gasteiger partial charge in [0.05, 0.1) is 6.04 Å². The van der Waals surface area contributed by atoms with Crippen LogP contribution in [0.25, 0.3) is 0 Å². The SMILES string of the molecule is CC(c1ccc(N)cc1)N1CCCNC1=O. The van der Waals surface area contributed by atoms with Crippen LogP contribution in [-0.2, 0) is 0 Å². The number of hydrogen-bond donors (Lipinski definition) is 2. The Hall–Kier alpha value is -1.71. The second-order valence-electron chi connectivity index (χ2n) is 4.12. The van der Waals surface area contributed by atoms with Gasteiger partial charge in [0.25, 0.3) is 0 Å². The molecule has 1 aliphatic heterocycles. The van der Waals surface area contributed by atoms with Crippen LogP contribution in [-0.4, -0.2) is 24.0 Å². The molecule has 1 aliphatic rings. The van der Waals surface area contributed by atoms with Crippen LogP contribution in [0.15, 0.2) is 24.3 Å². The minimum atomic E-state index is 0.0237. The summed E-state index contributed by atoms with van der Waals surface area (Å²) in [5.41, 5.74) is 7.51. The summed E-state index contributed by atoms with van der Waals surface area (Å²) in [6.45, 7) is 3.64. The summed E-state index contributed by atoms with van der Waals surface area (Å²) in [6, 6.07) is 7.81. The fourth-order valence-corrected chi connectivity index (χ4v) is 1.97. The van der Waals surface area contributed by atoms with E-state index in [1.807, 2.05) is 36.1 Å². The largest absolute Gasteiger partial charge is 0.399 e. The number of carbonyl (C=O) groups is 1. The molecular weight excluding hydrogens is 202 g/mol. The average molecular weight is 219 g/mol. The second kappa shape index (κ2) is 4.43. The van der Waals surface area contributed by atoms with E-state index in [2.05, 4.69) is 5.32 Å². The summed E-state index contributed by atoms with van der Waals surface area (Å²) >= 11 is 0. The van der Waals surface area contributed by atoms with Gasteiger partial charge in [-0.15, -0.1) is 0 Å². The molecule has 1 saturated heterocycles. The molecule has 0 saturated carbocycles. The number of benzene rings is 1. The van der Waals surface area contributed by atoms with Gasteiger partial charge in [0.15, 0.2) is 0 Å². The lowest BCUT2D eigenvalue weighted by molar-refractivity contribution is 0.166. The number of rotatable bonds is 2. The number of amides is 2. The monoisotopic (exact) mass is 219 g/mol. The quantitative estimate of drug-likeness (QED) is 0.744. The zero-order chi connectivity index (χ0) is 11.5. The molecule has 1 unspecified atom stereocenters. The van der Waals surface area contributed by atoms with E-state index in [9.17, 15) is 4.79 Å². The zero-order valence-corrected chi connectivity index (χ0v) is 9.44. The Morgan fingerprint density at radius 1 is 1.38 bits per heavy atom. The summed E-state index contributed by atoms with van der Waals surface area (Å²) in [5.74, 6) is 0. The molecule has 0 radical (unpaired) electrons. The van der Waals surface area contributed by atoms with Gasteiger partial charge in [-0.1, -0.05) is 12.1 Å². The van der Waals surface area contributed by atoms with E-state index < -0.39 is 0 Å². The highest BCUT2D eigenvalue weighted by Gasteiger charge is 2.23. The van der Waals surface area contributed by atoms with Gasteiger partial charge in [-0.25, -0.2) is 4.79 Å². The second-order valence-corrected chi connectivity index (χ2v) is 4.12. The summed E-state index contributed by atoms with van der Waals surface area (Å²) < 4.78 is 0. The van der Waals surface area contributed by atoms with E-state index >= 15 is 0 Å². The van der Waals surface area contributed by atoms with Crippen LogP contribution in [0.1, 0.15) is 24.9 Å². The van der Waals surface area contributed by atoms with Gasteiger partial charge in [0, 0.05) is 18.8 Å². The molecule has 1 fully saturated rings. The topological polar surface area (TPSA) is 58.4 Å². The Bertz CT molecular complexity index is 374. The summed E-state index contributed by atoms with van der Waals surface area (Å²) in [7, 11) is 0. The number of nitrogens with zero attached hydrogens (tertiary/aromatic N) is 1. The molecule has 0 aliphatic carbocycles. The van der Waals surface area contributed by atoms with E-state index in [1.165, 1.54) is 0 Å². The van der Waals surface area contributed by atoms with Crippen molar-refractivity contribution in [3.63, 3.8) is 0 Å². The van der Waals surface area contributed by atoms with Crippen LogP contribution >= 0.6 is 0 Å². The van der Waals surface area contributed by atoms with Crippen LogP contribution < -0.4 is 11.1 Å². The highest BCUT2D eigenvalue weighted by atomic mass is 16.2. The third-order valence-corrected chi connectivity index (χ3v) is 3.00. The maximum Gasteiger partial charge on any atom is 0.317 e. The number of anilines is 1. The summed E-state index contributed by atoms with van der Waals surface area (Å²) in [5, 5.41) is 2.86. The molecule has 0 spiro atoms. The Labute approximate surface area is 95.4 Å². The predicted octanol–water partition coefficient (Wildman–Crippen LogP) is 1.75. The number of hydrogen-bond acceptors (Lipinski definition) is 2.